The summed E-state index contributed by atoms with van der Waals surface area (Å²) < 4.78 is 9.61. The normalized spacial score (nSPS) is 12.4. The molecule has 0 bridgehead atoms. The van der Waals surface area contributed by atoms with E-state index in [2.05, 4.69) is 4.74 Å². The third-order valence-electron chi connectivity index (χ3n) is 0.821. The highest BCUT2D eigenvalue weighted by Crippen LogP contribution is 1.94. The molecular weight excluding hydrogens is 132 g/mol. The quantitative estimate of drug-likeness (QED) is 0.370. The zero-order valence-corrected chi connectivity index (χ0v) is 6.20. The van der Waals surface area contributed by atoms with E-state index in [1.54, 1.807) is 20.1 Å². The van der Waals surface area contributed by atoms with E-state index >= 15 is 0 Å². The average molecular weight is 144 g/mol. The zero-order valence-electron chi connectivity index (χ0n) is 6.20. The van der Waals surface area contributed by atoms with Gasteiger partial charge < -0.3 is 14.6 Å². The SMILES string of the molecule is COCO/C(C)=C/C=C/O. The summed E-state index contributed by atoms with van der Waals surface area (Å²) in [4.78, 5) is 0. The van der Waals surface area contributed by atoms with Crippen molar-refractivity contribution in [1.29, 1.82) is 0 Å². The van der Waals surface area contributed by atoms with E-state index < -0.39 is 0 Å². The predicted octanol–water partition coefficient (Wildman–Crippen LogP) is 1.58. The first kappa shape index (κ1) is 9.04. The Kier molecular flexibility index (Phi) is 5.57. The lowest BCUT2D eigenvalue weighted by atomic mass is 10.5. The number of rotatable bonds is 4. The predicted molar refractivity (Wildman–Crippen MR) is 38.5 cm³/mol. The molecule has 0 aliphatic carbocycles. The van der Waals surface area contributed by atoms with Crippen LogP contribution < -0.4 is 0 Å². The minimum absolute atomic E-state index is 0.238. The van der Waals surface area contributed by atoms with Crippen LogP contribution in [0.1, 0.15) is 6.92 Å². The molecule has 0 fully saturated rings. The molecule has 0 aromatic carbocycles. The van der Waals surface area contributed by atoms with Crippen molar-refractivity contribution in [2.45, 2.75) is 6.92 Å². The van der Waals surface area contributed by atoms with E-state index in [-0.39, 0.29) is 6.79 Å². The highest BCUT2D eigenvalue weighted by Gasteiger charge is 1.83. The lowest BCUT2D eigenvalue weighted by Crippen LogP contribution is -1.92. The van der Waals surface area contributed by atoms with Gasteiger partial charge in [0.15, 0.2) is 6.79 Å². The minimum atomic E-state index is 0.238. The van der Waals surface area contributed by atoms with Gasteiger partial charge in [0.1, 0.15) is 0 Å². The highest BCUT2D eigenvalue weighted by atomic mass is 16.7. The van der Waals surface area contributed by atoms with Crippen molar-refractivity contribution < 1.29 is 14.6 Å². The highest BCUT2D eigenvalue weighted by molar-refractivity contribution is 5.02. The van der Waals surface area contributed by atoms with Gasteiger partial charge in [-0.3, -0.25) is 0 Å². The van der Waals surface area contributed by atoms with Gasteiger partial charge in [-0.25, -0.2) is 0 Å². The first-order chi connectivity index (χ1) is 4.81. The van der Waals surface area contributed by atoms with Crippen LogP contribution in [-0.4, -0.2) is 19.0 Å². The molecule has 1 N–H and O–H groups in total. The van der Waals surface area contributed by atoms with Crippen LogP contribution in [0, 0.1) is 0 Å². The van der Waals surface area contributed by atoms with Crippen LogP contribution in [0.3, 0.4) is 0 Å². The molecule has 10 heavy (non-hydrogen) atoms. The fraction of sp³-hybridized carbons (Fsp3) is 0.429. The van der Waals surface area contributed by atoms with E-state index in [0.29, 0.717) is 5.76 Å². The van der Waals surface area contributed by atoms with Crippen molar-refractivity contribution in [2.24, 2.45) is 0 Å². The van der Waals surface area contributed by atoms with Gasteiger partial charge in [0.05, 0.1) is 12.0 Å². The summed E-state index contributed by atoms with van der Waals surface area (Å²) >= 11 is 0. The van der Waals surface area contributed by atoms with Gasteiger partial charge >= 0.3 is 0 Å². The molecular formula is C7H12O3. The van der Waals surface area contributed by atoms with Gasteiger partial charge in [0.2, 0.25) is 0 Å². The van der Waals surface area contributed by atoms with Gasteiger partial charge in [-0.15, -0.1) is 0 Å². The Bertz CT molecular complexity index is 127. The maximum absolute atomic E-state index is 8.23. The number of allylic oxidation sites excluding steroid dienone is 3. The van der Waals surface area contributed by atoms with E-state index in [1.807, 2.05) is 0 Å². The Balaban J connectivity index is 3.49. The Hall–Kier alpha value is -0.960. The molecule has 0 atom stereocenters. The molecule has 0 aliphatic heterocycles. The molecule has 0 amide bonds. The molecule has 0 heterocycles. The molecule has 0 aliphatic rings. The smallest absolute Gasteiger partial charge is 0.188 e. The van der Waals surface area contributed by atoms with Crippen LogP contribution in [-0.2, 0) is 9.47 Å². The van der Waals surface area contributed by atoms with Gasteiger partial charge in [-0.2, -0.15) is 0 Å². The fourth-order valence-corrected chi connectivity index (χ4v) is 0.379. The van der Waals surface area contributed by atoms with Crippen LogP contribution in [0.4, 0.5) is 0 Å². The van der Waals surface area contributed by atoms with Crippen molar-refractivity contribution in [2.75, 3.05) is 13.9 Å². The summed E-state index contributed by atoms with van der Waals surface area (Å²) in [5.74, 6) is 0.701. The Labute approximate surface area is 60.6 Å². The summed E-state index contributed by atoms with van der Waals surface area (Å²) in [5, 5.41) is 8.23. The summed E-state index contributed by atoms with van der Waals surface area (Å²) in [7, 11) is 1.55. The molecule has 3 nitrogen and oxygen atoms in total. The van der Waals surface area contributed by atoms with Crippen molar-refractivity contribution in [3.63, 3.8) is 0 Å². The minimum Gasteiger partial charge on any atom is -0.516 e. The number of methoxy groups -OCH3 is 1. The largest absolute Gasteiger partial charge is 0.516 e. The third kappa shape index (κ3) is 5.18. The van der Waals surface area contributed by atoms with Crippen LogP contribution >= 0.6 is 0 Å². The lowest BCUT2D eigenvalue weighted by molar-refractivity contribution is 0.00624. The number of hydrogen-bond donors (Lipinski definition) is 1. The molecule has 0 spiro atoms. The second kappa shape index (κ2) is 6.16. The molecule has 0 aromatic rings. The molecule has 58 valence electrons. The topological polar surface area (TPSA) is 38.7 Å². The van der Waals surface area contributed by atoms with Crippen molar-refractivity contribution >= 4 is 0 Å². The van der Waals surface area contributed by atoms with Gasteiger partial charge in [0, 0.05) is 7.11 Å². The Morgan fingerprint density at radius 1 is 1.60 bits per heavy atom. The van der Waals surface area contributed by atoms with Gasteiger partial charge in [-0.1, -0.05) is 0 Å². The maximum Gasteiger partial charge on any atom is 0.188 e. The number of aliphatic hydroxyl groups is 1. The van der Waals surface area contributed by atoms with E-state index in [9.17, 15) is 0 Å². The fourth-order valence-electron chi connectivity index (χ4n) is 0.379. The summed E-state index contributed by atoms with van der Waals surface area (Å²) in [6.07, 6.45) is 4.06. The number of hydrogen-bond acceptors (Lipinski definition) is 3. The Morgan fingerprint density at radius 3 is 2.80 bits per heavy atom. The summed E-state index contributed by atoms with van der Waals surface area (Å²) in [6, 6.07) is 0. The molecule has 0 saturated heterocycles. The second-order valence-electron chi connectivity index (χ2n) is 1.67. The first-order valence-electron chi connectivity index (χ1n) is 2.90. The molecule has 3 heteroatoms. The maximum atomic E-state index is 8.23. The van der Waals surface area contributed by atoms with Crippen LogP contribution in [0.25, 0.3) is 0 Å². The van der Waals surface area contributed by atoms with Crippen LogP contribution in [0.5, 0.6) is 0 Å². The monoisotopic (exact) mass is 144 g/mol. The number of ether oxygens (including phenoxy) is 2. The van der Waals surface area contributed by atoms with E-state index in [4.69, 9.17) is 9.84 Å². The summed E-state index contributed by atoms with van der Waals surface area (Å²) in [5.41, 5.74) is 0. The van der Waals surface area contributed by atoms with Crippen molar-refractivity contribution in [3.8, 4) is 0 Å². The van der Waals surface area contributed by atoms with Gasteiger partial charge in [0.25, 0.3) is 0 Å². The molecule has 0 saturated carbocycles. The molecule has 0 rings (SSSR count). The average Bonchev–Trinajstić information content (AvgIpc) is 1.97. The van der Waals surface area contributed by atoms with Crippen molar-refractivity contribution in [1.82, 2.24) is 0 Å². The molecule has 0 aromatic heterocycles. The lowest BCUT2D eigenvalue weighted by Gasteiger charge is -2.01. The van der Waals surface area contributed by atoms with E-state index in [0.717, 1.165) is 6.26 Å². The third-order valence-corrected chi connectivity index (χ3v) is 0.821. The summed E-state index contributed by atoms with van der Waals surface area (Å²) in [6.45, 7) is 2.01. The number of aliphatic hydroxyl groups excluding tert-OH is 1. The van der Waals surface area contributed by atoms with Crippen molar-refractivity contribution in [3.05, 3.63) is 24.2 Å². The first-order valence-corrected chi connectivity index (χ1v) is 2.90. The molecule has 0 radical (unpaired) electrons. The van der Waals surface area contributed by atoms with Gasteiger partial charge in [-0.05, 0) is 19.1 Å². The zero-order chi connectivity index (χ0) is 7.82. The van der Waals surface area contributed by atoms with Crippen LogP contribution in [0.15, 0.2) is 24.2 Å². The van der Waals surface area contributed by atoms with Crippen LogP contribution in [0.2, 0.25) is 0 Å². The molecule has 0 unspecified atom stereocenters. The van der Waals surface area contributed by atoms with E-state index in [1.165, 1.54) is 6.08 Å². The second-order valence-corrected chi connectivity index (χ2v) is 1.67. The standard InChI is InChI=1S/C7H12O3/c1-7(4-3-5-8)10-6-9-2/h3-5,8H,6H2,1-2H3/b5-3+,7-4+. The Morgan fingerprint density at radius 2 is 2.30 bits per heavy atom.